The number of Topliss-reactive ketones (excluding diaryl/α,β-unsaturated/α-hetero) is 1. The number of ether oxygens (including phenoxy) is 1. The Hall–Kier alpha value is -1.38. The minimum Gasteiger partial charge on any atom is -0.493 e. The van der Waals surface area contributed by atoms with Crippen LogP contribution in [0.5, 0.6) is 5.75 Å². The van der Waals surface area contributed by atoms with Gasteiger partial charge in [0.15, 0.2) is 17.3 Å². The Morgan fingerprint density at radius 2 is 2.00 bits per heavy atom. The van der Waals surface area contributed by atoms with Gasteiger partial charge in [-0.15, -0.1) is 0 Å². The minimum atomic E-state index is -0.478. The Kier molecular flexibility index (Phi) is 3.45. The Bertz CT molecular complexity index is 383. The molecule has 0 unspecified atom stereocenters. The van der Waals surface area contributed by atoms with E-state index in [0.29, 0.717) is 5.56 Å². The monoisotopic (exact) mass is 210 g/mol. The standard InChI is InChI=1S/C12H15FO2/c1-7(2)9-5-10(8(3)14)12(15-4)11(13)6-9/h5-7H,1-4H3. The first-order valence-electron chi connectivity index (χ1n) is 4.85. The molecule has 0 aliphatic rings. The number of carbonyl (C=O) groups is 1. The van der Waals surface area contributed by atoms with Gasteiger partial charge in [-0.05, 0) is 30.5 Å². The fourth-order valence-corrected chi connectivity index (χ4v) is 1.42. The van der Waals surface area contributed by atoms with Crippen molar-refractivity contribution in [2.75, 3.05) is 7.11 Å². The smallest absolute Gasteiger partial charge is 0.166 e. The van der Waals surface area contributed by atoms with E-state index in [1.54, 1.807) is 6.07 Å². The first-order chi connectivity index (χ1) is 6.97. The summed E-state index contributed by atoms with van der Waals surface area (Å²) in [6, 6.07) is 3.10. The van der Waals surface area contributed by atoms with Gasteiger partial charge in [0.25, 0.3) is 0 Å². The van der Waals surface area contributed by atoms with Crippen molar-refractivity contribution in [3.05, 3.63) is 29.1 Å². The third-order valence-electron chi connectivity index (χ3n) is 2.32. The fraction of sp³-hybridized carbons (Fsp3) is 0.417. The third kappa shape index (κ3) is 2.35. The number of halogens is 1. The van der Waals surface area contributed by atoms with Gasteiger partial charge in [0, 0.05) is 0 Å². The van der Waals surface area contributed by atoms with E-state index in [2.05, 4.69) is 0 Å². The zero-order chi connectivity index (χ0) is 11.6. The van der Waals surface area contributed by atoms with E-state index < -0.39 is 5.82 Å². The molecule has 0 radical (unpaired) electrons. The predicted octanol–water partition coefficient (Wildman–Crippen LogP) is 3.16. The van der Waals surface area contributed by atoms with Crippen LogP contribution in [0.1, 0.15) is 42.6 Å². The molecule has 1 aromatic carbocycles. The first-order valence-corrected chi connectivity index (χ1v) is 4.85. The molecule has 0 fully saturated rings. The zero-order valence-corrected chi connectivity index (χ0v) is 9.43. The second kappa shape index (κ2) is 4.43. The van der Waals surface area contributed by atoms with Gasteiger partial charge in [0.2, 0.25) is 0 Å². The predicted molar refractivity (Wildman–Crippen MR) is 57.0 cm³/mol. The van der Waals surface area contributed by atoms with Crippen LogP contribution in [0.25, 0.3) is 0 Å². The van der Waals surface area contributed by atoms with Gasteiger partial charge in [0.05, 0.1) is 12.7 Å². The average molecular weight is 210 g/mol. The summed E-state index contributed by atoms with van der Waals surface area (Å²) >= 11 is 0. The number of benzene rings is 1. The van der Waals surface area contributed by atoms with Crippen molar-refractivity contribution in [1.82, 2.24) is 0 Å². The molecule has 0 atom stereocenters. The maximum absolute atomic E-state index is 13.6. The third-order valence-corrected chi connectivity index (χ3v) is 2.32. The van der Waals surface area contributed by atoms with E-state index >= 15 is 0 Å². The van der Waals surface area contributed by atoms with Crippen LogP contribution in [0, 0.1) is 5.82 Å². The molecule has 0 N–H and O–H groups in total. The van der Waals surface area contributed by atoms with Crippen LogP contribution >= 0.6 is 0 Å². The second-order valence-electron chi connectivity index (χ2n) is 3.79. The lowest BCUT2D eigenvalue weighted by atomic mass is 9.98. The van der Waals surface area contributed by atoms with Gasteiger partial charge in [-0.1, -0.05) is 13.8 Å². The molecule has 0 spiro atoms. The summed E-state index contributed by atoms with van der Waals surface area (Å²) in [6.45, 7) is 5.30. The summed E-state index contributed by atoms with van der Waals surface area (Å²) in [7, 11) is 1.36. The van der Waals surface area contributed by atoms with Gasteiger partial charge >= 0.3 is 0 Å². The molecule has 3 heteroatoms. The molecule has 15 heavy (non-hydrogen) atoms. The molecule has 0 amide bonds. The molecule has 1 rings (SSSR count). The quantitative estimate of drug-likeness (QED) is 0.716. The van der Waals surface area contributed by atoms with Crippen molar-refractivity contribution in [2.24, 2.45) is 0 Å². The van der Waals surface area contributed by atoms with Crippen LogP contribution in [-0.2, 0) is 0 Å². The molecular formula is C12H15FO2. The van der Waals surface area contributed by atoms with Crippen molar-refractivity contribution < 1.29 is 13.9 Å². The number of hydrogen-bond acceptors (Lipinski definition) is 2. The Morgan fingerprint density at radius 1 is 1.40 bits per heavy atom. The summed E-state index contributed by atoms with van der Waals surface area (Å²) in [6.07, 6.45) is 0. The van der Waals surface area contributed by atoms with Crippen LogP contribution in [0.15, 0.2) is 12.1 Å². The SMILES string of the molecule is COc1c(F)cc(C(C)C)cc1C(C)=O. The largest absolute Gasteiger partial charge is 0.493 e. The summed E-state index contributed by atoms with van der Waals surface area (Å²) in [5.74, 6) is -0.447. The fourth-order valence-electron chi connectivity index (χ4n) is 1.42. The lowest BCUT2D eigenvalue weighted by Gasteiger charge is -2.11. The van der Waals surface area contributed by atoms with Crippen molar-refractivity contribution in [3.8, 4) is 5.75 Å². The van der Waals surface area contributed by atoms with Crippen molar-refractivity contribution in [1.29, 1.82) is 0 Å². The van der Waals surface area contributed by atoms with Crippen LogP contribution < -0.4 is 4.74 Å². The number of rotatable bonds is 3. The lowest BCUT2D eigenvalue weighted by molar-refractivity contribution is 0.101. The number of hydrogen-bond donors (Lipinski definition) is 0. The van der Waals surface area contributed by atoms with Crippen LogP contribution in [0.3, 0.4) is 0 Å². The molecule has 0 bridgehead atoms. The molecule has 0 aromatic heterocycles. The topological polar surface area (TPSA) is 26.3 Å². The highest BCUT2D eigenvalue weighted by Gasteiger charge is 2.15. The van der Waals surface area contributed by atoms with Crippen LogP contribution in [0.2, 0.25) is 0 Å². The normalized spacial score (nSPS) is 10.5. The van der Waals surface area contributed by atoms with Crippen molar-refractivity contribution in [2.45, 2.75) is 26.7 Å². The van der Waals surface area contributed by atoms with Crippen molar-refractivity contribution >= 4 is 5.78 Å². The Labute approximate surface area is 89.1 Å². The summed E-state index contributed by atoms with van der Waals surface area (Å²) in [5, 5.41) is 0. The second-order valence-corrected chi connectivity index (χ2v) is 3.79. The Morgan fingerprint density at radius 3 is 2.40 bits per heavy atom. The molecule has 82 valence electrons. The number of carbonyl (C=O) groups excluding carboxylic acids is 1. The number of methoxy groups -OCH3 is 1. The average Bonchev–Trinajstić information content (AvgIpc) is 2.16. The van der Waals surface area contributed by atoms with Gasteiger partial charge in [-0.3, -0.25) is 4.79 Å². The van der Waals surface area contributed by atoms with Gasteiger partial charge in [-0.25, -0.2) is 4.39 Å². The van der Waals surface area contributed by atoms with Crippen molar-refractivity contribution in [3.63, 3.8) is 0 Å². The lowest BCUT2D eigenvalue weighted by Crippen LogP contribution is -2.03. The molecular weight excluding hydrogens is 195 g/mol. The minimum absolute atomic E-state index is 0.0342. The van der Waals surface area contributed by atoms with E-state index in [-0.39, 0.29) is 17.5 Å². The van der Waals surface area contributed by atoms with Gasteiger partial charge in [-0.2, -0.15) is 0 Å². The van der Waals surface area contributed by atoms with Crippen LogP contribution in [-0.4, -0.2) is 12.9 Å². The first kappa shape index (κ1) is 11.7. The van der Waals surface area contributed by atoms with E-state index in [1.165, 1.54) is 20.1 Å². The molecule has 0 saturated carbocycles. The summed E-state index contributed by atoms with van der Waals surface area (Å²) < 4.78 is 18.4. The van der Waals surface area contributed by atoms with Crippen LogP contribution in [0.4, 0.5) is 4.39 Å². The molecule has 0 aliphatic carbocycles. The summed E-state index contributed by atoms with van der Waals surface area (Å²) in [4.78, 5) is 11.3. The van der Waals surface area contributed by atoms with E-state index in [4.69, 9.17) is 4.74 Å². The highest BCUT2D eigenvalue weighted by molar-refractivity contribution is 5.97. The van der Waals surface area contributed by atoms with E-state index in [1.807, 2.05) is 13.8 Å². The molecule has 0 aliphatic heterocycles. The molecule has 0 saturated heterocycles. The Balaban J connectivity index is 3.38. The molecule has 1 aromatic rings. The maximum atomic E-state index is 13.6. The molecule has 0 heterocycles. The van der Waals surface area contributed by atoms with Gasteiger partial charge in [0.1, 0.15) is 0 Å². The van der Waals surface area contributed by atoms with Gasteiger partial charge < -0.3 is 4.74 Å². The summed E-state index contributed by atoms with van der Waals surface area (Å²) in [5.41, 5.74) is 1.11. The zero-order valence-electron chi connectivity index (χ0n) is 9.43. The number of ketones is 1. The van der Waals surface area contributed by atoms with E-state index in [9.17, 15) is 9.18 Å². The van der Waals surface area contributed by atoms with E-state index in [0.717, 1.165) is 5.56 Å². The highest BCUT2D eigenvalue weighted by Crippen LogP contribution is 2.28. The maximum Gasteiger partial charge on any atom is 0.166 e. The molecule has 2 nitrogen and oxygen atoms in total. The highest BCUT2D eigenvalue weighted by atomic mass is 19.1.